The Morgan fingerprint density at radius 1 is 1.24 bits per heavy atom. The van der Waals surface area contributed by atoms with Crippen molar-refractivity contribution < 1.29 is 18.7 Å². The van der Waals surface area contributed by atoms with Crippen molar-refractivity contribution in [3.63, 3.8) is 0 Å². The van der Waals surface area contributed by atoms with E-state index < -0.39 is 5.82 Å². The van der Waals surface area contributed by atoms with Gasteiger partial charge in [-0.1, -0.05) is 17.9 Å². The van der Waals surface area contributed by atoms with Crippen molar-refractivity contribution in [1.29, 1.82) is 0 Å². The van der Waals surface area contributed by atoms with Gasteiger partial charge in [-0.15, -0.1) is 0 Å². The number of cyclic esters (lactones) is 1. The zero-order valence-electron chi connectivity index (χ0n) is 13.3. The maximum absolute atomic E-state index is 13.1. The quantitative estimate of drug-likeness (QED) is 0.875. The number of carbonyl (C=O) groups excluding carboxylic acids is 2. The summed E-state index contributed by atoms with van der Waals surface area (Å²) in [6.45, 7) is 1.08. The Morgan fingerprint density at radius 3 is 2.72 bits per heavy atom. The predicted molar refractivity (Wildman–Crippen MR) is 90.7 cm³/mol. The third kappa shape index (κ3) is 4.15. The molecule has 2 aromatic carbocycles. The zero-order valence-corrected chi connectivity index (χ0v) is 13.3. The summed E-state index contributed by atoms with van der Waals surface area (Å²) in [6.07, 6.45) is -0.348. The van der Waals surface area contributed by atoms with Crippen molar-refractivity contribution in [2.45, 2.75) is 0 Å². The molecule has 1 N–H and O–H groups in total. The highest BCUT2D eigenvalue weighted by Crippen LogP contribution is 2.18. The second-order valence-electron chi connectivity index (χ2n) is 5.31. The first kappa shape index (κ1) is 16.5. The Labute approximate surface area is 144 Å². The summed E-state index contributed by atoms with van der Waals surface area (Å²) in [5, 5.41) is 2.61. The van der Waals surface area contributed by atoms with Crippen LogP contribution in [0.1, 0.15) is 15.9 Å². The summed E-state index contributed by atoms with van der Waals surface area (Å²) in [4.78, 5) is 24.9. The van der Waals surface area contributed by atoms with Gasteiger partial charge in [-0.05, 0) is 42.5 Å². The van der Waals surface area contributed by atoms with Crippen molar-refractivity contribution >= 4 is 17.7 Å². The molecule has 0 unspecified atom stereocenters. The molecule has 2 aromatic rings. The second-order valence-corrected chi connectivity index (χ2v) is 5.31. The van der Waals surface area contributed by atoms with Crippen molar-refractivity contribution in [3.05, 3.63) is 65.5 Å². The van der Waals surface area contributed by atoms with Crippen LogP contribution in [0.2, 0.25) is 0 Å². The molecule has 3 rings (SSSR count). The molecule has 2 amide bonds. The Bertz CT molecular complexity index is 853. The average Bonchev–Trinajstić information content (AvgIpc) is 3.05. The summed E-state index contributed by atoms with van der Waals surface area (Å²) in [7, 11) is 0. The van der Waals surface area contributed by atoms with Gasteiger partial charge in [-0.25, -0.2) is 9.18 Å². The molecule has 0 bridgehead atoms. The molecule has 25 heavy (non-hydrogen) atoms. The van der Waals surface area contributed by atoms with Crippen LogP contribution in [-0.4, -0.2) is 31.7 Å². The summed E-state index contributed by atoms with van der Waals surface area (Å²) < 4.78 is 18.0. The number of hydrogen-bond acceptors (Lipinski definition) is 3. The van der Waals surface area contributed by atoms with E-state index in [1.54, 1.807) is 29.2 Å². The van der Waals surface area contributed by atoms with Gasteiger partial charge in [0.2, 0.25) is 0 Å². The van der Waals surface area contributed by atoms with Crippen molar-refractivity contribution in [2.24, 2.45) is 0 Å². The number of nitrogens with zero attached hydrogens (tertiary/aromatic N) is 1. The Balaban J connectivity index is 1.55. The van der Waals surface area contributed by atoms with Crippen molar-refractivity contribution in [2.75, 3.05) is 24.6 Å². The molecular formula is C19H15FN2O3. The first-order chi connectivity index (χ1) is 12.1. The first-order valence-corrected chi connectivity index (χ1v) is 7.70. The van der Waals surface area contributed by atoms with Crippen LogP contribution in [0.25, 0.3) is 0 Å². The monoisotopic (exact) mass is 338 g/mol. The standard InChI is InChI=1S/C19H15FN2O3/c20-16-5-1-4-15(13-16)18(23)21-10-2-3-14-6-8-17(9-7-14)22-11-12-25-19(22)24/h1,4-9,13H,10-12H2,(H,21,23). The highest BCUT2D eigenvalue weighted by Gasteiger charge is 2.23. The van der Waals surface area contributed by atoms with Crippen molar-refractivity contribution in [1.82, 2.24) is 5.32 Å². The van der Waals surface area contributed by atoms with Gasteiger partial charge < -0.3 is 10.1 Å². The average molecular weight is 338 g/mol. The number of ether oxygens (including phenoxy) is 1. The third-order valence-electron chi connectivity index (χ3n) is 3.60. The Hall–Kier alpha value is -3.33. The smallest absolute Gasteiger partial charge is 0.414 e. The molecule has 6 heteroatoms. The van der Waals surface area contributed by atoms with Crippen LogP contribution in [0.5, 0.6) is 0 Å². The van der Waals surface area contributed by atoms with Crippen LogP contribution in [-0.2, 0) is 4.74 Å². The van der Waals surface area contributed by atoms with Gasteiger partial charge >= 0.3 is 6.09 Å². The molecule has 5 nitrogen and oxygen atoms in total. The molecule has 1 aliphatic heterocycles. The molecule has 0 radical (unpaired) electrons. The summed E-state index contributed by atoms with van der Waals surface area (Å²) in [5.74, 6) is 4.92. The molecule has 0 saturated carbocycles. The van der Waals surface area contributed by atoms with E-state index in [0.29, 0.717) is 13.2 Å². The van der Waals surface area contributed by atoms with Gasteiger partial charge in [0.25, 0.3) is 5.91 Å². The van der Waals surface area contributed by atoms with Crippen LogP contribution < -0.4 is 10.2 Å². The third-order valence-corrected chi connectivity index (χ3v) is 3.60. The first-order valence-electron chi connectivity index (χ1n) is 7.70. The van der Waals surface area contributed by atoms with Crippen molar-refractivity contribution in [3.8, 4) is 11.8 Å². The largest absolute Gasteiger partial charge is 0.447 e. The molecule has 126 valence electrons. The lowest BCUT2D eigenvalue weighted by molar-refractivity contribution is 0.0958. The molecule has 1 fully saturated rings. The summed E-state index contributed by atoms with van der Waals surface area (Å²) >= 11 is 0. The molecule has 0 aromatic heterocycles. The fourth-order valence-corrected chi connectivity index (χ4v) is 2.36. The summed E-state index contributed by atoms with van der Waals surface area (Å²) in [6, 6.07) is 12.6. The second kappa shape index (κ2) is 7.49. The van der Waals surface area contributed by atoms with E-state index in [1.165, 1.54) is 24.3 Å². The molecular weight excluding hydrogens is 323 g/mol. The topological polar surface area (TPSA) is 58.6 Å². The van der Waals surface area contributed by atoms with E-state index in [-0.39, 0.29) is 24.1 Å². The van der Waals surface area contributed by atoms with E-state index >= 15 is 0 Å². The van der Waals surface area contributed by atoms with E-state index in [1.807, 2.05) is 0 Å². The minimum Gasteiger partial charge on any atom is -0.447 e. The lowest BCUT2D eigenvalue weighted by atomic mass is 10.2. The van der Waals surface area contributed by atoms with E-state index in [4.69, 9.17) is 4.74 Å². The van der Waals surface area contributed by atoms with Gasteiger partial charge in [-0.2, -0.15) is 0 Å². The highest BCUT2D eigenvalue weighted by molar-refractivity contribution is 5.94. The maximum Gasteiger partial charge on any atom is 0.414 e. The fourth-order valence-electron chi connectivity index (χ4n) is 2.36. The molecule has 1 saturated heterocycles. The van der Waals surface area contributed by atoms with Gasteiger partial charge in [0, 0.05) is 16.8 Å². The van der Waals surface area contributed by atoms with Crippen LogP contribution in [0, 0.1) is 17.7 Å². The number of amides is 2. The molecule has 1 heterocycles. The highest BCUT2D eigenvalue weighted by atomic mass is 19.1. The van der Waals surface area contributed by atoms with Crippen LogP contribution >= 0.6 is 0 Å². The van der Waals surface area contributed by atoms with Crippen LogP contribution in [0.4, 0.5) is 14.9 Å². The molecule has 1 aliphatic rings. The minimum absolute atomic E-state index is 0.148. The number of carbonyl (C=O) groups is 2. The van der Waals surface area contributed by atoms with E-state index in [9.17, 15) is 14.0 Å². The predicted octanol–water partition coefficient (Wildman–Crippen LogP) is 2.56. The van der Waals surface area contributed by atoms with Gasteiger partial charge in [0.1, 0.15) is 12.4 Å². The Kier molecular flexibility index (Phi) is 4.95. The number of anilines is 1. The lowest BCUT2D eigenvalue weighted by Gasteiger charge is -2.11. The number of benzene rings is 2. The van der Waals surface area contributed by atoms with Gasteiger partial charge in [0.15, 0.2) is 0 Å². The lowest BCUT2D eigenvalue weighted by Crippen LogP contribution is -2.23. The minimum atomic E-state index is -0.458. The number of nitrogens with one attached hydrogen (secondary N) is 1. The SMILES string of the molecule is O=C(NCC#Cc1ccc(N2CCOC2=O)cc1)c1cccc(F)c1. The van der Waals surface area contributed by atoms with E-state index in [0.717, 1.165) is 11.3 Å². The van der Waals surface area contributed by atoms with Gasteiger partial charge in [0.05, 0.1) is 13.1 Å². The van der Waals surface area contributed by atoms with Crippen LogP contribution in [0.3, 0.4) is 0 Å². The molecule has 0 atom stereocenters. The summed E-state index contributed by atoms with van der Waals surface area (Å²) in [5.41, 5.74) is 1.77. The number of hydrogen-bond donors (Lipinski definition) is 1. The normalized spacial score (nSPS) is 13.0. The molecule has 0 aliphatic carbocycles. The number of rotatable bonds is 3. The fraction of sp³-hybridized carbons (Fsp3) is 0.158. The van der Waals surface area contributed by atoms with Gasteiger partial charge in [-0.3, -0.25) is 9.69 Å². The molecule has 0 spiro atoms. The zero-order chi connectivity index (χ0) is 17.6. The number of halogens is 1. The maximum atomic E-state index is 13.1. The van der Waals surface area contributed by atoms with Crippen LogP contribution in [0.15, 0.2) is 48.5 Å². The van der Waals surface area contributed by atoms with E-state index in [2.05, 4.69) is 17.2 Å². The Morgan fingerprint density at radius 2 is 2.04 bits per heavy atom.